The van der Waals surface area contributed by atoms with Crippen LogP contribution in [0.1, 0.15) is 0 Å². The fraction of sp³-hybridized carbons (Fsp3) is 0.222. The second-order valence-electron chi connectivity index (χ2n) is 2.61. The van der Waals surface area contributed by atoms with Crippen molar-refractivity contribution >= 4 is 27.5 Å². The van der Waals surface area contributed by atoms with E-state index >= 15 is 0 Å². The maximum Gasteiger partial charge on any atom is 0.250 e. The van der Waals surface area contributed by atoms with Crippen molar-refractivity contribution in [3.63, 3.8) is 0 Å². The van der Waals surface area contributed by atoms with Gasteiger partial charge in [0.15, 0.2) is 0 Å². The number of carbonyl (C=O) groups excluding carboxylic acids is 1. The third-order valence-electron chi connectivity index (χ3n) is 1.48. The van der Waals surface area contributed by atoms with Crippen molar-refractivity contribution in [3.05, 3.63) is 28.5 Å². The first-order valence-corrected chi connectivity index (χ1v) is 4.66. The molecule has 0 aliphatic heterocycles. The van der Waals surface area contributed by atoms with Crippen LogP contribution in [0.4, 0.5) is 10.1 Å². The summed E-state index contributed by atoms with van der Waals surface area (Å²) in [5.41, 5.74) is 0.395. The van der Waals surface area contributed by atoms with Crippen LogP contribution in [0.5, 0.6) is 0 Å². The van der Waals surface area contributed by atoms with Gasteiger partial charge in [-0.15, -0.1) is 0 Å². The second kappa shape index (κ2) is 5.07. The first-order valence-electron chi connectivity index (χ1n) is 3.87. The van der Waals surface area contributed by atoms with Gasteiger partial charge in [0, 0.05) is 11.6 Å². The molecule has 0 saturated carbocycles. The largest absolute Gasteiger partial charge is 0.375 e. The highest BCUT2D eigenvalue weighted by Crippen LogP contribution is 2.22. The molecule has 0 aliphatic rings. The number of hydrogen-bond acceptors (Lipinski definition) is 2. The smallest absolute Gasteiger partial charge is 0.250 e. The summed E-state index contributed by atoms with van der Waals surface area (Å²) in [5, 5.41) is 2.50. The highest BCUT2D eigenvalue weighted by atomic mass is 79.9. The van der Waals surface area contributed by atoms with Gasteiger partial charge >= 0.3 is 0 Å². The zero-order valence-electron chi connectivity index (χ0n) is 7.51. The second-order valence-corrected chi connectivity index (χ2v) is 3.46. The zero-order chi connectivity index (χ0) is 10.6. The highest BCUT2D eigenvalue weighted by Gasteiger charge is 2.05. The number of ether oxygens (including phenoxy) is 1. The number of benzene rings is 1. The molecule has 0 bridgehead atoms. The molecule has 0 radical (unpaired) electrons. The highest BCUT2D eigenvalue weighted by molar-refractivity contribution is 9.10. The Kier molecular flexibility index (Phi) is 4.03. The molecule has 0 fully saturated rings. The molecule has 1 rings (SSSR count). The summed E-state index contributed by atoms with van der Waals surface area (Å²) in [5.74, 6) is -0.722. The van der Waals surface area contributed by atoms with Crippen LogP contribution in [0.2, 0.25) is 0 Å². The van der Waals surface area contributed by atoms with Crippen molar-refractivity contribution in [2.75, 3.05) is 19.0 Å². The Morgan fingerprint density at radius 1 is 1.64 bits per heavy atom. The number of carbonyl (C=O) groups is 1. The average Bonchev–Trinajstić information content (AvgIpc) is 2.12. The lowest BCUT2D eigenvalue weighted by atomic mass is 10.3. The van der Waals surface area contributed by atoms with Crippen LogP contribution in [0, 0.1) is 5.82 Å². The molecule has 5 heteroatoms. The predicted molar refractivity (Wildman–Crippen MR) is 54.6 cm³/mol. The van der Waals surface area contributed by atoms with Crippen molar-refractivity contribution < 1.29 is 13.9 Å². The maximum absolute atomic E-state index is 12.8. The van der Waals surface area contributed by atoms with E-state index in [9.17, 15) is 9.18 Å². The number of anilines is 1. The molecule has 0 atom stereocenters. The fourth-order valence-corrected chi connectivity index (χ4v) is 1.26. The van der Waals surface area contributed by atoms with Crippen LogP contribution in [-0.2, 0) is 9.53 Å². The number of nitrogens with one attached hydrogen (secondary N) is 1. The molecule has 76 valence electrons. The van der Waals surface area contributed by atoms with Gasteiger partial charge in [-0.05, 0) is 34.1 Å². The SMILES string of the molecule is COCC(=O)Nc1cc(F)ccc1Br. The van der Waals surface area contributed by atoms with Gasteiger partial charge in [-0.3, -0.25) is 4.79 Å². The molecule has 0 aliphatic carbocycles. The maximum atomic E-state index is 12.8. The van der Waals surface area contributed by atoms with Crippen LogP contribution in [-0.4, -0.2) is 19.6 Å². The summed E-state index contributed by atoms with van der Waals surface area (Å²) in [7, 11) is 1.42. The van der Waals surface area contributed by atoms with Gasteiger partial charge in [-0.1, -0.05) is 0 Å². The standard InChI is InChI=1S/C9H9BrFNO2/c1-14-5-9(13)12-8-4-6(11)2-3-7(8)10/h2-4H,5H2,1H3,(H,12,13). The molecule has 0 saturated heterocycles. The molecular formula is C9H9BrFNO2. The Balaban J connectivity index is 2.75. The Hall–Kier alpha value is -0.940. The Morgan fingerprint density at radius 3 is 3.00 bits per heavy atom. The normalized spacial score (nSPS) is 9.93. The van der Waals surface area contributed by atoms with E-state index in [1.165, 1.54) is 25.3 Å². The molecule has 0 aromatic heterocycles. The summed E-state index contributed by atoms with van der Waals surface area (Å²) in [4.78, 5) is 11.1. The van der Waals surface area contributed by atoms with E-state index in [0.717, 1.165) is 0 Å². The van der Waals surface area contributed by atoms with E-state index in [4.69, 9.17) is 0 Å². The van der Waals surface area contributed by atoms with Gasteiger partial charge in [-0.2, -0.15) is 0 Å². The molecular weight excluding hydrogens is 253 g/mol. The van der Waals surface area contributed by atoms with Gasteiger partial charge in [0.05, 0.1) is 5.69 Å². The van der Waals surface area contributed by atoms with E-state index in [1.807, 2.05) is 0 Å². The average molecular weight is 262 g/mol. The van der Waals surface area contributed by atoms with Crippen LogP contribution < -0.4 is 5.32 Å². The summed E-state index contributed by atoms with van der Waals surface area (Å²) in [6.07, 6.45) is 0. The molecule has 3 nitrogen and oxygen atoms in total. The lowest BCUT2D eigenvalue weighted by Crippen LogP contribution is -2.17. The molecule has 1 amide bonds. The van der Waals surface area contributed by atoms with Crippen molar-refractivity contribution in [1.29, 1.82) is 0 Å². The van der Waals surface area contributed by atoms with Crippen molar-refractivity contribution in [1.82, 2.24) is 0 Å². The number of methoxy groups -OCH3 is 1. The van der Waals surface area contributed by atoms with Crippen LogP contribution in [0.15, 0.2) is 22.7 Å². The van der Waals surface area contributed by atoms with Gasteiger partial charge in [0.1, 0.15) is 12.4 Å². The summed E-state index contributed by atoms with van der Waals surface area (Å²) < 4.78 is 18.0. The topological polar surface area (TPSA) is 38.3 Å². The monoisotopic (exact) mass is 261 g/mol. The first-order chi connectivity index (χ1) is 6.63. The summed E-state index contributed by atoms with van der Waals surface area (Å²) in [6.45, 7) is -0.0526. The minimum Gasteiger partial charge on any atom is -0.375 e. The van der Waals surface area contributed by atoms with Gasteiger partial charge in [-0.25, -0.2) is 4.39 Å². The van der Waals surface area contributed by atoms with E-state index in [-0.39, 0.29) is 12.5 Å². The number of halogens is 2. The molecule has 0 heterocycles. The van der Waals surface area contributed by atoms with E-state index in [2.05, 4.69) is 26.0 Å². The quantitative estimate of drug-likeness (QED) is 0.906. The molecule has 1 aromatic carbocycles. The Labute approximate surface area is 89.4 Å². The Bertz CT molecular complexity index is 344. The number of hydrogen-bond donors (Lipinski definition) is 1. The summed E-state index contributed by atoms with van der Waals surface area (Å²) in [6, 6.07) is 4.06. The third-order valence-corrected chi connectivity index (χ3v) is 2.17. The number of rotatable bonds is 3. The molecule has 14 heavy (non-hydrogen) atoms. The fourth-order valence-electron chi connectivity index (χ4n) is 0.911. The van der Waals surface area contributed by atoms with E-state index in [1.54, 1.807) is 0 Å². The molecule has 1 aromatic rings. The number of amides is 1. The van der Waals surface area contributed by atoms with Crippen molar-refractivity contribution in [3.8, 4) is 0 Å². The van der Waals surface area contributed by atoms with Crippen LogP contribution in [0.25, 0.3) is 0 Å². The van der Waals surface area contributed by atoms with E-state index in [0.29, 0.717) is 10.2 Å². The summed E-state index contributed by atoms with van der Waals surface area (Å²) >= 11 is 3.19. The third kappa shape index (κ3) is 3.08. The van der Waals surface area contributed by atoms with Gasteiger partial charge in [0.2, 0.25) is 5.91 Å². The minimum atomic E-state index is -0.402. The minimum absolute atomic E-state index is 0.0526. The van der Waals surface area contributed by atoms with Crippen LogP contribution >= 0.6 is 15.9 Å². The predicted octanol–water partition coefficient (Wildman–Crippen LogP) is 2.17. The lowest BCUT2D eigenvalue weighted by molar-refractivity contribution is -0.119. The van der Waals surface area contributed by atoms with Crippen LogP contribution in [0.3, 0.4) is 0 Å². The van der Waals surface area contributed by atoms with Gasteiger partial charge in [0.25, 0.3) is 0 Å². The van der Waals surface area contributed by atoms with E-state index < -0.39 is 5.82 Å². The Morgan fingerprint density at radius 2 is 2.36 bits per heavy atom. The molecule has 0 unspecified atom stereocenters. The lowest BCUT2D eigenvalue weighted by Gasteiger charge is -2.06. The van der Waals surface area contributed by atoms with Crippen molar-refractivity contribution in [2.45, 2.75) is 0 Å². The zero-order valence-corrected chi connectivity index (χ0v) is 9.10. The van der Waals surface area contributed by atoms with Gasteiger partial charge < -0.3 is 10.1 Å². The molecule has 1 N–H and O–H groups in total. The molecule has 0 spiro atoms. The first kappa shape index (κ1) is 11.1. The van der Waals surface area contributed by atoms with Crippen molar-refractivity contribution in [2.24, 2.45) is 0 Å².